The van der Waals surface area contributed by atoms with Crippen molar-refractivity contribution in [2.45, 2.75) is 64.9 Å². The maximum Gasteiger partial charge on any atom is 0.416 e. The Hall–Kier alpha value is -3.76. The van der Waals surface area contributed by atoms with E-state index in [0.717, 1.165) is 35.7 Å². The number of halogens is 3. The van der Waals surface area contributed by atoms with Crippen LogP contribution in [0.3, 0.4) is 0 Å². The Labute approximate surface area is 244 Å². The highest BCUT2D eigenvalue weighted by molar-refractivity contribution is 5.82. The van der Waals surface area contributed by atoms with E-state index in [0.29, 0.717) is 19.5 Å². The fraction of sp³-hybridized carbons (Fsp3) is 0.516. The average molecular weight is 589 g/mol. The predicted octanol–water partition coefficient (Wildman–Crippen LogP) is 5.31. The molecule has 4 rings (SSSR count). The third-order valence-electron chi connectivity index (χ3n) is 7.38. The number of rotatable bonds is 9. The second-order valence-electron chi connectivity index (χ2n) is 12.0. The molecule has 1 aliphatic heterocycles. The van der Waals surface area contributed by atoms with Crippen molar-refractivity contribution in [3.8, 4) is 0 Å². The smallest absolute Gasteiger partial charge is 0.416 e. The molecule has 2 aromatic carbocycles. The van der Waals surface area contributed by atoms with Crippen molar-refractivity contribution in [2.75, 3.05) is 38.5 Å². The molecule has 0 bridgehead atoms. The quantitative estimate of drug-likeness (QED) is 0.430. The molecule has 228 valence electrons. The Kier molecular flexibility index (Phi) is 9.37. The van der Waals surface area contributed by atoms with Crippen LogP contribution >= 0.6 is 0 Å². The van der Waals surface area contributed by atoms with Gasteiger partial charge in [0.1, 0.15) is 5.60 Å². The number of nitrogens with zero attached hydrogens (tertiary/aromatic N) is 3. The summed E-state index contributed by atoms with van der Waals surface area (Å²) < 4.78 is 46.5. The lowest BCUT2D eigenvalue weighted by molar-refractivity contribution is -0.139. The summed E-state index contributed by atoms with van der Waals surface area (Å²) in [5.41, 5.74) is 1.26. The Balaban J connectivity index is 1.47. The number of nitrogens with one attached hydrogen (secondary N) is 1. The number of likely N-dealkylation sites (N-methyl/N-ethyl adjacent to an activating group) is 1. The molecule has 2 aliphatic rings. The van der Waals surface area contributed by atoms with Gasteiger partial charge in [-0.05, 0) is 68.9 Å². The zero-order chi connectivity index (χ0) is 30.7. The first kappa shape index (κ1) is 31.2. The zero-order valence-electron chi connectivity index (χ0n) is 24.6. The van der Waals surface area contributed by atoms with Crippen LogP contribution in [0.2, 0.25) is 0 Å². The van der Waals surface area contributed by atoms with Gasteiger partial charge in [-0.25, -0.2) is 4.79 Å². The van der Waals surface area contributed by atoms with Gasteiger partial charge in [0.05, 0.1) is 12.1 Å². The third-order valence-corrected chi connectivity index (χ3v) is 7.38. The minimum atomic E-state index is -4.57. The molecule has 0 saturated heterocycles. The number of ether oxygens (including phenoxy) is 1. The van der Waals surface area contributed by atoms with Crippen LogP contribution in [0.5, 0.6) is 0 Å². The van der Waals surface area contributed by atoms with Crippen LogP contribution in [0, 0.1) is 5.92 Å². The molecule has 1 aliphatic carbocycles. The van der Waals surface area contributed by atoms with E-state index in [2.05, 4.69) is 5.32 Å². The highest BCUT2D eigenvalue weighted by Crippen LogP contribution is 2.34. The predicted molar refractivity (Wildman–Crippen MR) is 153 cm³/mol. The van der Waals surface area contributed by atoms with Crippen molar-refractivity contribution < 1.29 is 32.3 Å². The van der Waals surface area contributed by atoms with E-state index < -0.39 is 29.3 Å². The normalized spacial score (nSPS) is 15.1. The summed E-state index contributed by atoms with van der Waals surface area (Å²) >= 11 is 0. The average Bonchev–Trinajstić information content (AvgIpc) is 3.77. The number of hydrogen-bond acceptors (Lipinski definition) is 5. The standard InChI is InChI=1S/C31H39F3N4O4/c1-30(2,3)42-29(41)36(4)16-17-37(20-23-8-5-6-10-25(23)31(32,33)34)27(39)18-35-26-11-7-9-22-19-38(15-14-24(22)26)28(40)21-12-13-21/h5-11,21,35H,12-20H2,1-4H3. The van der Waals surface area contributed by atoms with Crippen molar-refractivity contribution in [2.24, 2.45) is 5.92 Å². The van der Waals surface area contributed by atoms with Crippen molar-refractivity contribution in [3.05, 3.63) is 64.7 Å². The largest absolute Gasteiger partial charge is 0.444 e. The van der Waals surface area contributed by atoms with Crippen LogP contribution in [0.4, 0.5) is 23.7 Å². The van der Waals surface area contributed by atoms with Crippen LogP contribution in [0.15, 0.2) is 42.5 Å². The second-order valence-corrected chi connectivity index (χ2v) is 12.0. The molecule has 2 aromatic rings. The van der Waals surface area contributed by atoms with Gasteiger partial charge < -0.3 is 24.8 Å². The van der Waals surface area contributed by atoms with Crippen LogP contribution in [-0.4, -0.2) is 71.4 Å². The van der Waals surface area contributed by atoms with Crippen LogP contribution in [-0.2, 0) is 40.0 Å². The first-order valence-electron chi connectivity index (χ1n) is 14.2. The molecule has 11 heteroatoms. The van der Waals surface area contributed by atoms with E-state index in [1.165, 1.54) is 35.0 Å². The van der Waals surface area contributed by atoms with Gasteiger partial charge in [0, 0.05) is 51.4 Å². The fourth-order valence-electron chi connectivity index (χ4n) is 4.97. The Morgan fingerprint density at radius 2 is 1.74 bits per heavy atom. The summed E-state index contributed by atoms with van der Waals surface area (Å²) in [6, 6.07) is 10.9. The molecule has 3 amide bonds. The monoisotopic (exact) mass is 588 g/mol. The van der Waals surface area contributed by atoms with Gasteiger partial charge >= 0.3 is 12.3 Å². The van der Waals surface area contributed by atoms with E-state index >= 15 is 0 Å². The van der Waals surface area contributed by atoms with Gasteiger partial charge in [-0.15, -0.1) is 0 Å². The summed E-state index contributed by atoms with van der Waals surface area (Å²) in [4.78, 5) is 43.0. The van der Waals surface area contributed by atoms with Gasteiger partial charge in [0.25, 0.3) is 0 Å². The molecule has 0 radical (unpaired) electrons. The molecule has 8 nitrogen and oxygen atoms in total. The SMILES string of the molecule is CN(CCN(Cc1ccccc1C(F)(F)F)C(=O)CNc1cccc2c1CCN(C(=O)C1CC1)C2)C(=O)OC(C)(C)C. The molecule has 42 heavy (non-hydrogen) atoms. The van der Waals surface area contributed by atoms with Gasteiger partial charge in [0.15, 0.2) is 0 Å². The number of benzene rings is 2. The van der Waals surface area contributed by atoms with Crippen LogP contribution in [0.25, 0.3) is 0 Å². The molecule has 1 saturated carbocycles. The lowest BCUT2D eigenvalue weighted by Crippen LogP contribution is -2.43. The lowest BCUT2D eigenvalue weighted by Gasteiger charge is -2.31. The van der Waals surface area contributed by atoms with Crippen molar-refractivity contribution in [1.82, 2.24) is 14.7 Å². The van der Waals surface area contributed by atoms with Crippen LogP contribution in [0.1, 0.15) is 55.9 Å². The summed E-state index contributed by atoms with van der Waals surface area (Å²) in [5.74, 6) is -0.0721. The number of alkyl halides is 3. The second kappa shape index (κ2) is 12.6. The Bertz CT molecular complexity index is 1300. The first-order valence-corrected chi connectivity index (χ1v) is 14.2. The maximum atomic E-state index is 13.7. The van der Waals surface area contributed by atoms with E-state index in [1.807, 2.05) is 23.1 Å². The van der Waals surface area contributed by atoms with Gasteiger partial charge in [0.2, 0.25) is 11.8 Å². The van der Waals surface area contributed by atoms with Crippen LogP contribution < -0.4 is 5.32 Å². The van der Waals surface area contributed by atoms with Gasteiger partial charge in [-0.2, -0.15) is 13.2 Å². The van der Waals surface area contributed by atoms with Crippen molar-refractivity contribution in [3.63, 3.8) is 0 Å². The molecule has 0 unspecified atom stereocenters. The molecule has 0 aromatic heterocycles. The molecule has 0 spiro atoms. The number of hydrogen-bond donors (Lipinski definition) is 1. The Morgan fingerprint density at radius 3 is 2.40 bits per heavy atom. The highest BCUT2D eigenvalue weighted by atomic mass is 19.4. The van der Waals surface area contributed by atoms with E-state index in [9.17, 15) is 27.6 Å². The van der Waals surface area contributed by atoms with Gasteiger partial charge in [-0.1, -0.05) is 30.3 Å². The fourth-order valence-corrected chi connectivity index (χ4v) is 4.97. The third kappa shape index (κ3) is 8.17. The Morgan fingerprint density at radius 1 is 1.02 bits per heavy atom. The minimum absolute atomic E-state index is 0.00752. The highest BCUT2D eigenvalue weighted by Gasteiger charge is 2.35. The number of carbonyl (C=O) groups excluding carboxylic acids is 3. The first-order chi connectivity index (χ1) is 19.7. The maximum absolute atomic E-state index is 13.7. The molecule has 1 fully saturated rings. The zero-order valence-corrected chi connectivity index (χ0v) is 24.6. The number of amides is 3. The molecular weight excluding hydrogens is 549 g/mol. The molecule has 0 atom stereocenters. The summed E-state index contributed by atoms with van der Waals surface area (Å²) in [5, 5.41) is 3.18. The molecular formula is C31H39F3N4O4. The summed E-state index contributed by atoms with van der Waals surface area (Å²) in [7, 11) is 1.52. The van der Waals surface area contributed by atoms with E-state index in [4.69, 9.17) is 4.74 Å². The van der Waals surface area contributed by atoms with Crippen molar-refractivity contribution >= 4 is 23.6 Å². The topological polar surface area (TPSA) is 82.2 Å². The number of fused-ring (bicyclic) bond motifs is 1. The number of anilines is 1. The molecule has 1 N–H and O–H groups in total. The lowest BCUT2D eigenvalue weighted by atomic mass is 9.97. The van der Waals surface area contributed by atoms with Crippen molar-refractivity contribution in [1.29, 1.82) is 0 Å². The minimum Gasteiger partial charge on any atom is -0.444 e. The van der Waals surface area contributed by atoms with E-state index in [1.54, 1.807) is 20.8 Å². The molecule has 1 heterocycles. The summed E-state index contributed by atoms with van der Waals surface area (Å²) in [6.07, 6.45) is -2.62. The van der Waals surface area contributed by atoms with Gasteiger partial charge in [-0.3, -0.25) is 9.59 Å². The summed E-state index contributed by atoms with van der Waals surface area (Å²) in [6.45, 7) is 5.98. The van der Waals surface area contributed by atoms with E-state index in [-0.39, 0.29) is 43.6 Å². The number of carbonyl (C=O) groups is 3.